The van der Waals surface area contributed by atoms with E-state index in [0.717, 1.165) is 52.7 Å². The number of aromatic nitrogens is 1. The third kappa shape index (κ3) is 2.76. The van der Waals surface area contributed by atoms with E-state index in [4.69, 9.17) is 4.42 Å². The van der Waals surface area contributed by atoms with Crippen molar-refractivity contribution >= 4 is 27.8 Å². The third-order valence-corrected chi connectivity index (χ3v) is 6.30. The maximum atomic E-state index is 10.0. The Labute approximate surface area is 176 Å². The summed E-state index contributed by atoms with van der Waals surface area (Å²) in [6.07, 6.45) is 2.84. The molecule has 1 aliphatic rings. The van der Waals surface area contributed by atoms with Crippen LogP contribution in [0.2, 0.25) is 0 Å². The van der Waals surface area contributed by atoms with Crippen LogP contribution in [0.15, 0.2) is 53.1 Å². The molecule has 2 aromatic carbocycles. The number of likely N-dealkylation sites (N-methyl/N-ethyl adjacent to an activating group) is 1. The Morgan fingerprint density at radius 3 is 2.67 bits per heavy atom. The van der Waals surface area contributed by atoms with Gasteiger partial charge in [0.25, 0.3) is 0 Å². The second-order valence-electron chi connectivity index (χ2n) is 8.22. The summed E-state index contributed by atoms with van der Waals surface area (Å²) in [6, 6.07) is 17.3. The quantitative estimate of drug-likeness (QED) is 0.489. The van der Waals surface area contributed by atoms with Crippen LogP contribution in [0.1, 0.15) is 17.5 Å². The molecule has 30 heavy (non-hydrogen) atoms. The van der Waals surface area contributed by atoms with E-state index in [1.54, 1.807) is 6.20 Å². The largest absolute Gasteiger partial charge is 0.436 e. The van der Waals surface area contributed by atoms with Gasteiger partial charge in [0.15, 0.2) is 5.58 Å². The Kier molecular flexibility index (Phi) is 4.45. The van der Waals surface area contributed by atoms with Crippen LogP contribution in [0.3, 0.4) is 0 Å². The molecule has 0 aliphatic carbocycles. The molecule has 3 heterocycles. The van der Waals surface area contributed by atoms with Gasteiger partial charge in [0.2, 0.25) is 5.71 Å². The van der Waals surface area contributed by atoms with Crippen LogP contribution in [-0.4, -0.2) is 43.1 Å². The van der Waals surface area contributed by atoms with Gasteiger partial charge in [0.1, 0.15) is 6.07 Å². The molecule has 0 radical (unpaired) electrons. The van der Waals surface area contributed by atoms with Crippen molar-refractivity contribution in [2.45, 2.75) is 19.4 Å². The molecule has 2 aromatic heterocycles. The van der Waals surface area contributed by atoms with Crippen molar-refractivity contribution in [1.82, 2.24) is 9.88 Å². The van der Waals surface area contributed by atoms with E-state index in [-0.39, 0.29) is 0 Å². The first-order valence-electron chi connectivity index (χ1n) is 10.3. The van der Waals surface area contributed by atoms with E-state index >= 15 is 0 Å². The fourth-order valence-electron chi connectivity index (χ4n) is 4.72. The first-order valence-corrected chi connectivity index (χ1v) is 10.3. The molecular weight excluding hydrogens is 372 g/mol. The number of fused-ring (bicyclic) bond motifs is 3. The topological polar surface area (TPSA) is 56.3 Å². The first-order chi connectivity index (χ1) is 14.6. The highest BCUT2D eigenvalue weighted by molar-refractivity contribution is 6.16. The van der Waals surface area contributed by atoms with Gasteiger partial charge in [-0.05, 0) is 50.7 Å². The number of furan rings is 1. The van der Waals surface area contributed by atoms with Crippen LogP contribution >= 0.6 is 0 Å². The zero-order chi connectivity index (χ0) is 20.8. The van der Waals surface area contributed by atoms with Gasteiger partial charge in [-0.2, -0.15) is 5.26 Å². The maximum absolute atomic E-state index is 10.0. The van der Waals surface area contributed by atoms with Gasteiger partial charge >= 0.3 is 0 Å². The van der Waals surface area contributed by atoms with Gasteiger partial charge in [-0.25, -0.2) is 4.98 Å². The van der Waals surface area contributed by atoms with Crippen molar-refractivity contribution in [3.05, 3.63) is 59.8 Å². The molecule has 1 saturated heterocycles. The average Bonchev–Trinajstić information content (AvgIpc) is 3.39. The number of anilines is 1. The molecular formula is C25H24N4O. The molecule has 5 heteroatoms. The molecule has 0 N–H and O–H groups in total. The fraction of sp³-hybridized carbons (Fsp3) is 0.280. The van der Waals surface area contributed by atoms with Crippen LogP contribution in [0, 0.1) is 18.3 Å². The Morgan fingerprint density at radius 1 is 1.17 bits per heavy atom. The SMILES string of the molecule is Cc1c(-c2ccccc2)c(N2CC[C@H](N(C)C)C2)c2c(oc3ncccc32)c1C#N. The number of hydrogen-bond acceptors (Lipinski definition) is 5. The highest BCUT2D eigenvalue weighted by Gasteiger charge is 2.31. The summed E-state index contributed by atoms with van der Waals surface area (Å²) < 4.78 is 6.15. The monoisotopic (exact) mass is 396 g/mol. The number of nitriles is 1. The summed E-state index contributed by atoms with van der Waals surface area (Å²) >= 11 is 0. The summed E-state index contributed by atoms with van der Waals surface area (Å²) in [7, 11) is 4.28. The molecule has 0 bridgehead atoms. The van der Waals surface area contributed by atoms with E-state index in [2.05, 4.69) is 59.2 Å². The average molecular weight is 396 g/mol. The number of benzene rings is 2. The molecule has 1 fully saturated rings. The van der Waals surface area contributed by atoms with E-state index < -0.39 is 0 Å². The van der Waals surface area contributed by atoms with Gasteiger partial charge in [-0.1, -0.05) is 30.3 Å². The number of pyridine rings is 1. The van der Waals surface area contributed by atoms with Crippen molar-refractivity contribution in [3.63, 3.8) is 0 Å². The molecule has 5 nitrogen and oxygen atoms in total. The Morgan fingerprint density at radius 2 is 1.97 bits per heavy atom. The molecule has 0 saturated carbocycles. The second-order valence-corrected chi connectivity index (χ2v) is 8.22. The summed E-state index contributed by atoms with van der Waals surface area (Å²) in [6.45, 7) is 3.94. The molecule has 150 valence electrons. The Bertz CT molecular complexity index is 1280. The van der Waals surface area contributed by atoms with Crippen molar-refractivity contribution in [2.75, 3.05) is 32.1 Å². The predicted molar refractivity (Wildman–Crippen MR) is 121 cm³/mol. The summed E-state index contributed by atoms with van der Waals surface area (Å²) in [5.74, 6) is 0. The Balaban J connectivity index is 1.91. The summed E-state index contributed by atoms with van der Waals surface area (Å²) in [5.41, 5.74) is 6.17. The maximum Gasteiger partial charge on any atom is 0.227 e. The zero-order valence-corrected chi connectivity index (χ0v) is 17.5. The highest BCUT2D eigenvalue weighted by atomic mass is 16.3. The molecule has 0 amide bonds. The van der Waals surface area contributed by atoms with Crippen LogP contribution in [0.5, 0.6) is 0 Å². The molecule has 0 unspecified atom stereocenters. The molecule has 5 rings (SSSR count). The fourth-order valence-corrected chi connectivity index (χ4v) is 4.72. The van der Waals surface area contributed by atoms with Crippen molar-refractivity contribution in [3.8, 4) is 17.2 Å². The normalized spacial score (nSPS) is 16.6. The van der Waals surface area contributed by atoms with Crippen LogP contribution in [0.4, 0.5) is 5.69 Å². The summed E-state index contributed by atoms with van der Waals surface area (Å²) in [5, 5.41) is 12.0. The van der Waals surface area contributed by atoms with Gasteiger partial charge in [-0.3, -0.25) is 0 Å². The molecule has 1 aliphatic heterocycles. The number of hydrogen-bond donors (Lipinski definition) is 0. The van der Waals surface area contributed by atoms with E-state index in [0.29, 0.717) is 22.9 Å². The smallest absolute Gasteiger partial charge is 0.227 e. The van der Waals surface area contributed by atoms with Gasteiger partial charge in [0.05, 0.1) is 22.0 Å². The predicted octanol–water partition coefficient (Wildman–Crippen LogP) is 4.97. The lowest BCUT2D eigenvalue weighted by Crippen LogP contribution is -2.31. The third-order valence-electron chi connectivity index (χ3n) is 6.30. The Hall–Kier alpha value is -3.36. The van der Waals surface area contributed by atoms with Gasteiger partial charge in [0, 0.05) is 30.9 Å². The van der Waals surface area contributed by atoms with Gasteiger partial charge in [-0.15, -0.1) is 0 Å². The van der Waals surface area contributed by atoms with E-state index in [9.17, 15) is 5.26 Å². The molecule has 4 aromatic rings. The summed E-state index contributed by atoms with van der Waals surface area (Å²) in [4.78, 5) is 9.19. The number of nitrogens with zero attached hydrogens (tertiary/aromatic N) is 4. The molecule has 1 atom stereocenters. The lowest BCUT2D eigenvalue weighted by molar-refractivity contribution is 0.315. The minimum atomic E-state index is 0.496. The standard InChI is InChI=1S/C25H24N4O/c1-16-20(14-26)24-22(19-10-7-12-27-25(19)30-24)23(21(16)17-8-5-4-6-9-17)29-13-11-18(15-29)28(2)3/h4-10,12,18H,11,13,15H2,1-3H3/t18-/m0/s1. The minimum Gasteiger partial charge on any atom is -0.436 e. The second kappa shape index (κ2) is 7.16. The van der Waals surface area contributed by atoms with Crippen molar-refractivity contribution < 1.29 is 4.42 Å². The van der Waals surface area contributed by atoms with Gasteiger partial charge < -0.3 is 14.2 Å². The minimum absolute atomic E-state index is 0.496. The number of rotatable bonds is 3. The molecule has 0 spiro atoms. The van der Waals surface area contributed by atoms with Crippen LogP contribution in [-0.2, 0) is 0 Å². The van der Waals surface area contributed by atoms with Crippen molar-refractivity contribution in [1.29, 1.82) is 5.26 Å². The zero-order valence-electron chi connectivity index (χ0n) is 17.5. The van der Waals surface area contributed by atoms with Crippen molar-refractivity contribution in [2.24, 2.45) is 0 Å². The van der Waals surface area contributed by atoms with Crippen LogP contribution < -0.4 is 4.90 Å². The van der Waals surface area contributed by atoms with E-state index in [1.165, 1.54) is 0 Å². The first kappa shape index (κ1) is 18.7. The van der Waals surface area contributed by atoms with Crippen LogP contribution in [0.25, 0.3) is 33.2 Å². The lowest BCUT2D eigenvalue weighted by Gasteiger charge is -2.26. The lowest BCUT2D eigenvalue weighted by atomic mass is 9.91. The highest BCUT2D eigenvalue weighted by Crippen LogP contribution is 2.47. The van der Waals surface area contributed by atoms with E-state index in [1.807, 2.05) is 25.1 Å².